The molecule has 25 heavy (non-hydrogen) atoms. The molecular weight excluding hydrogens is 302 g/mol. The predicted molar refractivity (Wildman–Crippen MR) is 107 cm³/mol. The van der Waals surface area contributed by atoms with Gasteiger partial charge in [0.05, 0.1) is 6.07 Å². The molecule has 0 saturated heterocycles. The zero-order chi connectivity index (χ0) is 17.7. The molecule has 136 valence electrons. The zero-order valence-corrected chi connectivity index (χ0v) is 16.1. The Morgan fingerprint density at radius 2 is 1.52 bits per heavy atom. The Morgan fingerprint density at radius 3 is 2.08 bits per heavy atom. The fourth-order valence-electron chi connectivity index (χ4n) is 4.06. The van der Waals surface area contributed by atoms with Crippen LogP contribution in [0.5, 0.6) is 0 Å². The highest BCUT2D eigenvalue weighted by Gasteiger charge is 2.18. The van der Waals surface area contributed by atoms with E-state index in [4.69, 9.17) is 5.26 Å². The summed E-state index contributed by atoms with van der Waals surface area (Å²) in [5.41, 5.74) is 3.00. The number of allylic oxidation sites excluding steroid dienone is 2. The van der Waals surface area contributed by atoms with Gasteiger partial charge in [-0.15, -0.1) is 0 Å². The molecule has 1 aromatic carbocycles. The van der Waals surface area contributed by atoms with E-state index in [2.05, 4.69) is 43.3 Å². The van der Waals surface area contributed by atoms with Gasteiger partial charge in [-0.25, -0.2) is 0 Å². The molecule has 0 heterocycles. The minimum Gasteiger partial charge on any atom is -0.193 e. The maximum absolute atomic E-state index is 8.61. The molecule has 0 N–H and O–H groups in total. The van der Waals surface area contributed by atoms with Crippen LogP contribution in [0.15, 0.2) is 36.4 Å². The van der Waals surface area contributed by atoms with Gasteiger partial charge in [0.1, 0.15) is 0 Å². The van der Waals surface area contributed by atoms with E-state index in [1.807, 2.05) is 0 Å². The van der Waals surface area contributed by atoms with E-state index in [0.29, 0.717) is 5.92 Å². The second-order valence-corrected chi connectivity index (χ2v) is 7.79. The lowest BCUT2D eigenvalue weighted by atomic mass is 9.79. The van der Waals surface area contributed by atoms with Crippen molar-refractivity contribution < 1.29 is 0 Å². The Hall–Kier alpha value is -1.55. The Labute approximate surface area is 155 Å². The molecular formula is C24H35N. The topological polar surface area (TPSA) is 23.8 Å². The molecule has 0 atom stereocenters. The summed E-state index contributed by atoms with van der Waals surface area (Å²) < 4.78 is 0. The summed E-state index contributed by atoms with van der Waals surface area (Å²) in [4.78, 5) is 0. The van der Waals surface area contributed by atoms with Crippen LogP contribution >= 0.6 is 0 Å². The van der Waals surface area contributed by atoms with Gasteiger partial charge in [-0.2, -0.15) is 5.26 Å². The summed E-state index contributed by atoms with van der Waals surface area (Å²) in [6, 6.07) is 11.5. The smallest absolute Gasteiger partial charge is 0.0908 e. The van der Waals surface area contributed by atoms with Gasteiger partial charge in [-0.05, 0) is 74.3 Å². The molecule has 1 nitrogen and oxygen atoms in total. The van der Waals surface area contributed by atoms with E-state index in [1.54, 1.807) is 6.08 Å². The molecule has 1 aromatic rings. The van der Waals surface area contributed by atoms with Crippen molar-refractivity contribution in [2.45, 2.75) is 84.0 Å². The van der Waals surface area contributed by atoms with Crippen LogP contribution in [0.4, 0.5) is 0 Å². The van der Waals surface area contributed by atoms with E-state index in [0.717, 1.165) is 5.92 Å². The first-order valence-corrected chi connectivity index (χ1v) is 10.5. The fraction of sp³-hybridized carbons (Fsp3) is 0.625. The molecule has 1 aliphatic carbocycles. The molecule has 0 amide bonds. The normalized spacial score (nSPS) is 20.6. The summed E-state index contributed by atoms with van der Waals surface area (Å²) in [5.74, 6) is 1.58. The van der Waals surface area contributed by atoms with Gasteiger partial charge in [0.2, 0.25) is 0 Å². The third-order valence-electron chi connectivity index (χ3n) is 5.75. The minimum absolute atomic E-state index is 0.659. The molecule has 1 saturated carbocycles. The number of hydrogen-bond donors (Lipinski definition) is 0. The number of aryl methyl sites for hydroxylation is 2. The van der Waals surface area contributed by atoms with Crippen molar-refractivity contribution in [3.8, 4) is 6.07 Å². The van der Waals surface area contributed by atoms with Crippen molar-refractivity contribution in [1.29, 1.82) is 5.26 Å². The number of nitriles is 1. The SMILES string of the molecule is CCCCCc1ccc(CCCC[C@H]2CC[C@H](/C=C/C#N)CC2)cc1. The quantitative estimate of drug-likeness (QED) is 0.332. The molecule has 0 aromatic heterocycles. The molecule has 1 heteroatoms. The van der Waals surface area contributed by atoms with E-state index in [9.17, 15) is 0 Å². The lowest BCUT2D eigenvalue weighted by Crippen LogP contribution is -2.13. The van der Waals surface area contributed by atoms with Gasteiger partial charge in [-0.3, -0.25) is 0 Å². The van der Waals surface area contributed by atoms with E-state index in [1.165, 1.54) is 88.2 Å². The van der Waals surface area contributed by atoms with Gasteiger partial charge < -0.3 is 0 Å². The van der Waals surface area contributed by atoms with Crippen LogP contribution in [0.2, 0.25) is 0 Å². The fourth-order valence-corrected chi connectivity index (χ4v) is 4.06. The summed E-state index contributed by atoms with van der Waals surface area (Å²) in [6.45, 7) is 2.26. The van der Waals surface area contributed by atoms with Crippen LogP contribution in [0.1, 0.15) is 82.3 Å². The lowest BCUT2D eigenvalue weighted by molar-refractivity contribution is 0.289. The highest BCUT2D eigenvalue weighted by molar-refractivity contribution is 5.22. The maximum Gasteiger partial charge on any atom is 0.0908 e. The number of rotatable bonds is 10. The molecule has 1 aliphatic rings. The Kier molecular flexibility index (Phi) is 9.42. The van der Waals surface area contributed by atoms with Crippen molar-refractivity contribution in [3.63, 3.8) is 0 Å². The van der Waals surface area contributed by atoms with Crippen LogP contribution in [-0.4, -0.2) is 0 Å². The largest absolute Gasteiger partial charge is 0.193 e. The van der Waals surface area contributed by atoms with Gasteiger partial charge in [0.15, 0.2) is 0 Å². The highest BCUT2D eigenvalue weighted by Crippen LogP contribution is 2.32. The lowest BCUT2D eigenvalue weighted by Gasteiger charge is -2.26. The number of hydrogen-bond acceptors (Lipinski definition) is 1. The first kappa shape index (κ1) is 19.8. The van der Waals surface area contributed by atoms with Crippen molar-refractivity contribution in [1.82, 2.24) is 0 Å². The summed E-state index contributed by atoms with van der Waals surface area (Å²) >= 11 is 0. The number of unbranched alkanes of at least 4 members (excludes halogenated alkanes) is 3. The molecule has 0 radical (unpaired) electrons. The average molecular weight is 338 g/mol. The van der Waals surface area contributed by atoms with Crippen molar-refractivity contribution in [3.05, 3.63) is 47.5 Å². The molecule has 0 spiro atoms. The third kappa shape index (κ3) is 7.91. The van der Waals surface area contributed by atoms with Gasteiger partial charge in [0, 0.05) is 6.08 Å². The molecule has 0 bridgehead atoms. The van der Waals surface area contributed by atoms with Gasteiger partial charge >= 0.3 is 0 Å². The van der Waals surface area contributed by atoms with Crippen LogP contribution in [-0.2, 0) is 12.8 Å². The van der Waals surface area contributed by atoms with Crippen LogP contribution in [0.3, 0.4) is 0 Å². The van der Waals surface area contributed by atoms with E-state index >= 15 is 0 Å². The van der Waals surface area contributed by atoms with Gasteiger partial charge in [-0.1, -0.05) is 62.9 Å². The van der Waals surface area contributed by atoms with Crippen molar-refractivity contribution >= 4 is 0 Å². The van der Waals surface area contributed by atoms with Gasteiger partial charge in [0.25, 0.3) is 0 Å². The van der Waals surface area contributed by atoms with Crippen LogP contribution < -0.4 is 0 Å². The van der Waals surface area contributed by atoms with E-state index in [-0.39, 0.29) is 0 Å². The van der Waals surface area contributed by atoms with E-state index < -0.39 is 0 Å². The van der Waals surface area contributed by atoms with Crippen molar-refractivity contribution in [2.75, 3.05) is 0 Å². The second-order valence-electron chi connectivity index (χ2n) is 7.79. The standard InChI is InChI=1S/C24H35N/c1-2-3-4-8-21-12-14-22(15-13-21)9-5-6-10-23-16-18-24(19-17-23)11-7-20-25/h7,11-15,23-24H,2-6,8-10,16-19H2,1H3/b11-7+/t23-,24-. The predicted octanol–water partition coefficient (Wildman–Crippen LogP) is 7.02. The molecule has 1 fully saturated rings. The monoisotopic (exact) mass is 337 g/mol. The Morgan fingerprint density at radius 1 is 0.920 bits per heavy atom. The minimum atomic E-state index is 0.659. The molecule has 0 unspecified atom stereocenters. The second kappa shape index (κ2) is 11.9. The maximum atomic E-state index is 8.61. The summed E-state index contributed by atoms with van der Waals surface area (Å²) in [6.07, 6.45) is 19.6. The Balaban J connectivity index is 1.57. The van der Waals surface area contributed by atoms with Crippen molar-refractivity contribution in [2.24, 2.45) is 11.8 Å². The summed E-state index contributed by atoms with van der Waals surface area (Å²) in [5, 5.41) is 8.61. The first-order chi connectivity index (χ1) is 12.3. The zero-order valence-electron chi connectivity index (χ0n) is 16.1. The van der Waals surface area contributed by atoms with Crippen LogP contribution in [0, 0.1) is 23.2 Å². The summed E-state index contributed by atoms with van der Waals surface area (Å²) in [7, 11) is 0. The third-order valence-corrected chi connectivity index (χ3v) is 5.75. The molecule has 2 rings (SSSR count). The number of benzene rings is 1. The first-order valence-electron chi connectivity index (χ1n) is 10.5. The Bertz CT molecular complexity index is 526. The average Bonchev–Trinajstić information content (AvgIpc) is 2.66. The molecule has 0 aliphatic heterocycles. The highest BCUT2D eigenvalue weighted by atomic mass is 14.3. The van der Waals surface area contributed by atoms with Crippen LogP contribution in [0.25, 0.3) is 0 Å². The number of nitrogens with zero attached hydrogens (tertiary/aromatic N) is 1.